The number of nitrogens with zero attached hydrogens (tertiary/aromatic N) is 2. The average Bonchev–Trinajstić information content (AvgIpc) is 3.43. The second kappa shape index (κ2) is 9.32. The molecular weight excluding hydrogens is 432 g/mol. The summed E-state index contributed by atoms with van der Waals surface area (Å²) in [5.74, 6) is 0.885. The third kappa shape index (κ3) is 4.57. The Morgan fingerprint density at radius 3 is 2.71 bits per heavy atom. The number of halogens is 1. The molecule has 6 nitrogen and oxygen atoms in total. The van der Waals surface area contributed by atoms with E-state index in [-0.39, 0.29) is 11.8 Å². The van der Waals surface area contributed by atoms with E-state index in [9.17, 15) is 9.59 Å². The number of primary amides is 1. The first kappa shape index (κ1) is 21.7. The van der Waals surface area contributed by atoms with Gasteiger partial charge in [-0.3, -0.25) is 9.59 Å². The van der Waals surface area contributed by atoms with Crippen molar-refractivity contribution in [3.63, 3.8) is 0 Å². The van der Waals surface area contributed by atoms with Crippen LogP contribution in [0, 0.1) is 0 Å². The number of carbonyl (C=O) groups is 2. The van der Waals surface area contributed by atoms with Crippen LogP contribution in [-0.2, 0) is 0 Å². The highest BCUT2D eigenvalue weighted by Crippen LogP contribution is 2.33. The van der Waals surface area contributed by atoms with Gasteiger partial charge < -0.3 is 15.6 Å². The maximum atomic E-state index is 13.0. The summed E-state index contributed by atoms with van der Waals surface area (Å²) >= 11 is 7.86. The topological polar surface area (TPSA) is 92.1 Å². The second-order valence-electron chi connectivity index (χ2n) is 7.78. The molecule has 1 fully saturated rings. The van der Waals surface area contributed by atoms with Crippen LogP contribution in [-0.4, -0.2) is 51.8 Å². The Balaban J connectivity index is 1.80. The van der Waals surface area contributed by atoms with Crippen molar-refractivity contribution < 1.29 is 9.59 Å². The van der Waals surface area contributed by atoms with E-state index in [1.54, 1.807) is 30.0 Å². The lowest BCUT2D eigenvalue weighted by Gasteiger charge is -2.20. The van der Waals surface area contributed by atoms with Crippen molar-refractivity contribution in [3.05, 3.63) is 63.9 Å². The normalized spacial score (nSPS) is 14.8. The first-order valence-corrected chi connectivity index (χ1v) is 12.1. The Bertz CT molecular complexity index is 1120. The lowest BCUT2D eigenvalue weighted by molar-refractivity contribution is 0.0792. The Kier molecular flexibility index (Phi) is 6.53. The third-order valence-corrected chi connectivity index (χ3v) is 6.61. The maximum Gasteiger partial charge on any atom is 0.253 e. The lowest BCUT2D eigenvalue weighted by Crippen LogP contribution is -2.28. The zero-order valence-electron chi connectivity index (χ0n) is 17.4. The Morgan fingerprint density at radius 2 is 2.00 bits per heavy atom. The monoisotopic (exact) mass is 456 g/mol. The summed E-state index contributed by atoms with van der Waals surface area (Å²) in [5, 5.41) is 0.624. The van der Waals surface area contributed by atoms with Crippen LogP contribution < -0.4 is 5.73 Å². The van der Waals surface area contributed by atoms with Crippen molar-refractivity contribution in [2.45, 2.75) is 25.2 Å². The fourth-order valence-electron chi connectivity index (χ4n) is 4.15. The lowest BCUT2D eigenvalue weighted by atomic mass is 9.89. The molecule has 1 saturated heterocycles. The summed E-state index contributed by atoms with van der Waals surface area (Å²) in [5.41, 5.74) is 9.08. The van der Waals surface area contributed by atoms with Gasteiger partial charge in [-0.05, 0) is 73.2 Å². The summed E-state index contributed by atoms with van der Waals surface area (Å²) in [6, 6.07) is 10.7. The predicted molar refractivity (Wildman–Crippen MR) is 126 cm³/mol. The summed E-state index contributed by atoms with van der Waals surface area (Å²) in [4.78, 5) is 35.2. The first-order chi connectivity index (χ1) is 15.0. The minimum Gasteiger partial charge on any atom is -0.366 e. The molecule has 2 amide bonds. The molecule has 0 saturated carbocycles. The number of fused-ring (bicyclic) bond motifs is 1. The van der Waals surface area contributed by atoms with E-state index in [1.807, 2.05) is 29.4 Å². The number of aromatic amines is 1. The molecule has 162 valence electrons. The average molecular weight is 457 g/mol. The van der Waals surface area contributed by atoms with Crippen molar-refractivity contribution in [2.24, 2.45) is 5.73 Å². The SMILES string of the molecule is CSCC[C@H](c1nc2ccc(Cl)cc2[nH]1)c1cc(C(=O)N2CCCC2)ccc1C(N)=O. The summed E-state index contributed by atoms with van der Waals surface area (Å²) in [6.45, 7) is 1.54. The number of imidazole rings is 1. The van der Waals surface area contributed by atoms with Gasteiger partial charge in [-0.2, -0.15) is 11.8 Å². The molecule has 1 atom stereocenters. The standard InChI is InChI=1S/C23H25ClN4O2S/c1-31-11-8-17(22-26-19-7-5-15(24)13-20(19)27-22)18-12-14(4-6-16(18)21(25)29)23(30)28-9-2-3-10-28/h4-7,12-13,17H,2-3,8-11H2,1H3,(H2,25,29)(H,26,27)/t17-/m0/s1. The fourth-order valence-corrected chi connectivity index (χ4v) is 4.80. The van der Waals surface area contributed by atoms with E-state index >= 15 is 0 Å². The molecule has 1 aromatic heterocycles. The molecule has 0 aliphatic carbocycles. The van der Waals surface area contributed by atoms with Gasteiger partial charge in [0.25, 0.3) is 5.91 Å². The number of nitrogens with two attached hydrogens (primary N) is 1. The molecule has 31 heavy (non-hydrogen) atoms. The predicted octanol–water partition coefficient (Wildman–Crippen LogP) is 4.44. The Hall–Kier alpha value is -2.51. The number of hydrogen-bond acceptors (Lipinski definition) is 4. The number of H-pyrrole nitrogens is 1. The molecule has 0 spiro atoms. The van der Waals surface area contributed by atoms with Crippen LogP contribution in [0.5, 0.6) is 0 Å². The number of aromatic nitrogens is 2. The van der Waals surface area contributed by atoms with Gasteiger partial charge in [0.05, 0.1) is 11.0 Å². The summed E-state index contributed by atoms with van der Waals surface area (Å²) in [7, 11) is 0. The molecule has 0 bridgehead atoms. The number of thioether (sulfide) groups is 1. The smallest absolute Gasteiger partial charge is 0.253 e. The van der Waals surface area contributed by atoms with Gasteiger partial charge in [-0.15, -0.1) is 0 Å². The molecule has 0 unspecified atom stereocenters. The van der Waals surface area contributed by atoms with Crippen molar-refractivity contribution >= 4 is 46.2 Å². The van der Waals surface area contributed by atoms with E-state index < -0.39 is 5.91 Å². The number of rotatable bonds is 7. The van der Waals surface area contributed by atoms with Gasteiger partial charge in [0.1, 0.15) is 5.82 Å². The number of likely N-dealkylation sites (tertiary alicyclic amines) is 1. The van der Waals surface area contributed by atoms with E-state index in [0.717, 1.165) is 60.5 Å². The van der Waals surface area contributed by atoms with Crippen LogP contribution in [0.4, 0.5) is 0 Å². The number of carbonyl (C=O) groups excluding carboxylic acids is 2. The summed E-state index contributed by atoms with van der Waals surface area (Å²) < 4.78 is 0. The van der Waals surface area contributed by atoms with Crippen molar-refractivity contribution in [3.8, 4) is 0 Å². The van der Waals surface area contributed by atoms with E-state index in [0.29, 0.717) is 16.1 Å². The molecule has 3 N–H and O–H groups in total. The Labute approximate surface area is 190 Å². The number of nitrogens with one attached hydrogen (secondary N) is 1. The second-order valence-corrected chi connectivity index (χ2v) is 9.21. The van der Waals surface area contributed by atoms with Crippen molar-refractivity contribution in [2.75, 3.05) is 25.1 Å². The first-order valence-electron chi connectivity index (χ1n) is 10.3. The number of hydrogen-bond donors (Lipinski definition) is 2. The molecular formula is C23H25ClN4O2S. The molecule has 8 heteroatoms. The molecule has 2 heterocycles. The summed E-state index contributed by atoms with van der Waals surface area (Å²) in [6.07, 6.45) is 4.83. The molecule has 3 aromatic rings. The van der Waals surface area contributed by atoms with Crippen LogP contribution in [0.3, 0.4) is 0 Å². The van der Waals surface area contributed by atoms with Crippen LogP contribution in [0.15, 0.2) is 36.4 Å². The minimum absolute atomic E-state index is 0.00484. The number of amides is 2. The highest BCUT2D eigenvalue weighted by atomic mass is 35.5. The molecule has 0 radical (unpaired) electrons. The molecule has 2 aromatic carbocycles. The van der Waals surface area contributed by atoms with Gasteiger partial charge in [-0.1, -0.05) is 11.6 Å². The van der Waals surface area contributed by atoms with Crippen LogP contribution in [0.1, 0.15) is 57.3 Å². The maximum absolute atomic E-state index is 13.0. The van der Waals surface area contributed by atoms with Crippen LogP contribution in [0.2, 0.25) is 5.02 Å². The zero-order chi connectivity index (χ0) is 22.0. The van der Waals surface area contributed by atoms with Gasteiger partial charge >= 0.3 is 0 Å². The van der Waals surface area contributed by atoms with E-state index in [2.05, 4.69) is 4.98 Å². The minimum atomic E-state index is -0.511. The highest BCUT2D eigenvalue weighted by molar-refractivity contribution is 7.98. The van der Waals surface area contributed by atoms with Gasteiger partial charge in [0.15, 0.2) is 0 Å². The van der Waals surface area contributed by atoms with Crippen LogP contribution >= 0.6 is 23.4 Å². The molecule has 1 aliphatic heterocycles. The highest BCUT2D eigenvalue weighted by Gasteiger charge is 2.26. The fraction of sp³-hybridized carbons (Fsp3) is 0.348. The van der Waals surface area contributed by atoms with Gasteiger partial charge in [0, 0.05) is 35.2 Å². The van der Waals surface area contributed by atoms with E-state index in [4.69, 9.17) is 22.3 Å². The molecule has 1 aliphatic rings. The van der Waals surface area contributed by atoms with E-state index in [1.165, 1.54) is 0 Å². The van der Waals surface area contributed by atoms with Crippen molar-refractivity contribution in [1.82, 2.24) is 14.9 Å². The zero-order valence-corrected chi connectivity index (χ0v) is 18.9. The molecule has 4 rings (SSSR count). The van der Waals surface area contributed by atoms with Crippen LogP contribution in [0.25, 0.3) is 11.0 Å². The van der Waals surface area contributed by atoms with Gasteiger partial charge in [0.2, 0.25) is 5.91 Å². The Morgan fingerprint density at radius 1 is 1.23 bits per heavy atom. The third-order valence-electron chi connectivity index (χ3n) is 5.74. The van der Waals surface area contributed by atoms with Crippen molar-refractivity contribution in [1.29, 1.82) is 0 Å². The quantitative estimate of drug-likeness (QED) is 0.549. The number of benzene rings is 2. The largest absolute Gasteiger partial charge is 0.366 e. The van der Waals surface area contributed by atoms with Gasteiger partial charge in [-0.25, -0.2) is 4.98 Å².